The second kappa shape index (κ2) is 7.18. The van der Waals surface area contributed by atoms with Gasteiger partial charge in [0.1, 0.15) is 18.2 Å². The first kappa shape index (κ1) is 18.2. The highest BCUT2D eigenvalue weighted by Gasteiger charge is 2.41. The zero-order valence-corrected chi connectivity index (χ0v) is 13.9. The highest BCUT2D eigenvalue weighted by molar-refractivity contribution is 8.06. The summed E-state index contributed by atoms with van der Waals surface area (Å²) in [6.45, 7) is -4.05. The fourth-order valence-corrected chi connectivity index (χ4v) is 2.70. The van der Waals surface area contributed by atoms with E-state index in [0.29, 0.717) is 0 Å². The van der Waals surface area contributed by atoms with E-state index in [1.807, 2.05) is 0 Å². The van der Waals surface area contributed by atoms with E-state index in [0.717, 1.165) is 0 Å². The molecule has 0 aromatic carbocycles. The summed E-state index contributed by atoms with van der Waals surface area (Å²) < 4.78 is 24.5. The number of ether oxygens (including phenoxy) is 1. The Balaban J connectivity index is 2.12. The maximum absolute atomic E-state index is 14.3. The summed E-state index contributed by atoms with van der Waals surface area (Å²) in [6, 6.07) is 0. The Morgan fingerprint density at radius 3 is 2.87 bits per heavy atom. The quantitative estimate of drug-likeness (QED) is 0.319. The SMILES string of the molecule is CNN(c1ncnc(N)c1N)[C@@H]1O[C@H](COP(O)(O)=S)C[C@@H]1F. The van der Waals surface area contributed by atoms with Crippen molar-refractivity contribution in [3.63, 3.8) is 0 Å². The van der Waals surface area contributed by atoms with E-state index in [4.69, 9.17) is 30.5 Å². The summed E-state index contributed by atoms with van der Waals surface area (Å²) in [6.07, 6.45) is -1.98. The Morgan fingerprint density at radius 2 is 2.26 bits per heavy atom. The Bertz CT molecular complexity index is 607. The molecule has 23 heavy (non-hydrogen) atoms. The highest BCUT2D eigenvalue weighted by Crippen LogP contribution is 2.38. The van der Waals surface area contributed by atoms with Gasteiger partial charge in [-0.1, -0.05) is 0 Å². The number of nitrogens with two attached hydrogens (primary N) is 2. The van der Waals surface area contributed by atoms with Gasteiger partial charge in [0.25, 0.3) is 0 Å². The molecule has 130 valence electrons. The number of hydrogen-bond donors (Lipinski definition) is 5. The predicted molar refractivity (Wildman–Crippen MR) is 85.2 cm³/mol. The van der Waals surface area contributed by atoms with Crippen molar-refractivity contribution in [1.82, 2.24) is 15.4 Å². The molecule has 2 rings (SSSR count). The number of aromatic nitrogens is 2. The lowest BCUT2D eigenvalue weighted by Crippen LogP contribution is -2.48. The molecule has 13 heteroatoms. The van der Waals surface area contributed by atoms with Crippen LogP contribution in [0.2, 0.25) is 0 Å². The molecule has 1 aromatic rings. The molecular formula is C10H18FN6O4PS. The van der Waals surface area contributed by atoms with Gasteiger partial charge in [-0.3, -0.25) is 5.01 Å². The van der Waals surface area contributed by atoms with Crippen molar-refractivity contribution in [2.45, 2.75) is 24.9 Å². The van der Waals surface area contributed by atoms with Gasteiger partial charge in [0.15, 0.2) is 17.9 Å². The Morgan fingerprint density at radius 1 is 1.57 bits per heavy atom. The molecule has 7 N–H and O–H groups in total. The van der Waals surface area contributed by atoms with E-state index < -0.39 is 25.2 Å². The normalized spacial score (nSPS) is 24.8. The number of halogens is 1. The maximum Gasteiger partial charge on any atom is 0.321 e. The van der Waals surface area contributed by atoms with E-state index in [1.54, 1.807) is 7.05 Å². The first-order chi connectivity index (χ1) is 10.7. The number of alkyl halides is 1. The molecule has 0 unspecified atom stereocenters. The third kappa shape index (κ3) is 4.44. The molecule has 1 fully saturated rings. The Kier molecular flexibility index (Phi) is 5.68. The molecule has 1 aromatic heterocycles. The smallest absolute Gasteiger partial charge is 0.321 e. The van der Waals surface area contributed by atoms with E-state index in [1.165, 1.54) is 11.3 Å². The third-order valence-corrected chi connectivity index (χ3v) is 3.98. The standard InChI is InChI=1S/C10H18FN6O4PS/c1-14-17(9-7(12)8(13)15-4-16-9)10-6(11)2-5(21-10)3-20-22(18,19)23/h4-6,10,14H,2-3,12H2,1H3,(H2,13,15,16)(H2,18,19,23)/t5-,6-,10+/m0/s1. The molecule has 1 saturated heterocycles. The van der Waals surface area contributed by atoms with Crippen LogP contribution in [0.3, 0.4) is 0 Å². The van der Waals surface area contributed by atoms with Gasteiger partial charge in [-0.05, 0) is 11.8 Å². The number of anilines is 3. The summed E-state index contributed by atoms with van der Waals surface area (Å²) in [4.78, 5) is 25.8. The van der Waals surface area contributed by atoms with E-state index in [9.17, 15) is 4.39 Å². The highest BCUT2D eigenvalue weighted by atomic mass is 32.5. The molecule has 0 spiro atoms. The van der Waals surface area contributed by atoms with Gasteiger partial charge in [0.2, 0.25) is 0 Å². The molecule has 10 nitrogen and oxygen atoms in total. The van der Waals surface area contributed by atoms with Crippen LogP contribution in [0, 0.1) is 0 Å². The van der Waals surface area contributed by atoms with E-state index in [2.05, 4.69) is 27.2 Å². The van der Waals surface area contributed by atoms with Crippen molar-refractivity contribution in [2.24, 2.45) is 0 Å². The fourth-order valence-electron chi connectivity index (χ4n) is 2.16. The summed E-state index contributed by atoms with van der Waals surface area (Å²) in [5.74, 6) is 0.230. The Hall–Kier alpha value is -1.14. The molecule has 0 aliphatic carbocycles. The molecule has 3 atom stereocenters. The second-order valence-corrected chi connectivity index (χ2v) is 7.44. The lowest BCUT2D eigenvalue weighted by molar-refractivity contribution is -0.000815. The number of rotatable bonds is 6. The van der Waals surface area contributed by atoms with Crippen LogP contribution in [0.4, 0.5) is 21.7 Å². The molecular weight excluding hydrogens is 350 g/mol. The maximum atomic E-state index is 14.3. The minimum absolute atomic E-state index is 0.0152. The number of nitrogen functional groups attached to an aromatic ring is 2. The minimum atomic E-state index is -3.82. The van der Waals surface area contributed by atoms with Crippen LogP contribution in [0.5, 0.6) is 0 Å². The van der Waals surface area contributed by atoms with Crippen LogP contribution in [-0.4, -0.2) is 51.9 Å². The van der Waals surface area contributed by atoms with Crippen LogP contribution in [-0.2, 0) is 21.1 Å². The lowest BCUT2D eigenvalue weighted by Gasteiger charge is -2.30. The van der Waals surface area contributed by atoms with Crippen molar-refractivity contribution < 1.29 is 23.4 Å². The van der Waals surface area contributed by atoms with E-state index in [-0.39, 0.29) is 30.4 Å². The van der Waals surface area contributed by atoms with Crippen LogP contribution in [0.25, 0.3) is 0 Å². The third-order valence-electron chi connectivity index (χ3n) is 3.18. The molecule has 0 radical (unpaired) electrons. The Labute approximate surface area is 136 Å². The predicted octanol–water partition coefficient (Wildman–Crippen LogP) is -0.739. The first-order valence-electron chi connectivity index (χ1n) is 6.55. The van der Waals surface area contributed by atoms with Crippen molar-refractivity contribution in [3.8, 4) is 0 Å². The van der Waals surface area contributed by atoms with Crippen molar-refractivity contribution in [2.75, 3.05) is 30.1 Å². The first-order valence-corrected chi connectivity index (χ1v) is 9.17. The van der Waals surface area contributed by atoms with Gasteiger partial charge in [-0.15, -0.1) is 0 Å². The summed E-state index contributed by atoms with van der Waals surface area (Å²) in [5.41, 5.74) is 14.3. The van der Waals surface area contributed by atoms with Gasteiger partial charge in [0.05, 0.1) is 12.7 Å². The average Bonchev–Trinajstić information content (AvgIpc) is 2.83. The van der Waals surface area contributed by atoms with Crippen molar-refractivity contribution in [1.29, 1.82) is 0 Å². The molecule has 0 bridgehead atoms. The lowest BCUT2D eigenvalue weighted by atomic mass is 10.2. The van der Waals surface area contributed by atoms with Gasteiger partial charge in [-0.2, -0.15) is 0 Å². The summed E-state index contributed by atoms with van der Waals surface area (Å²) in [5, 5.41) is 1.28. The second-order valence-electron chi connectivity index (χ2n) is 4.78. The molecule has 1 aliphatic heterocycles. The summed E-state index contributed by atoms with van der Waals surface area (Å²) >= 11 is 4.34. The zero-order chi connectivity index (χ0) is 17.2. The molecule has 1 aliphatic rings. The fraction of sp³-hybridized carbons (Fsp3) is 0.600. The topological polar surface area (TPSA) is 152 Å². The molecule has 0 saturated carbocycles. The largest absolute Gasteiger partial charge is 0.393 e. The summed E-state index contributed by atoms with van der Waals surface area (Å²) in [7, 11) is 1.54. The number of hydrazine groups is 1. The van der Waals surface area contributed by atoms with Crippen molar-refractivity contribution in [3.05, 3.63) is 6.33 Å². The van der Waals surface area contributed by atoms with Gasteiger partial charge in [0, 0.05) is 13.5 Å². The van der Waals surface area contributed by atoms with Crippen LogP contribution in [0.15, 0.2) is 6.33 Å². The minimum Gasteiger partial charge on any atom is -0.393 e. The molecule has 2 heterocycles. The number of hydrogen-bond acceptors (Lipinski definition) is 9. The van der Waals surface area contributed by atoms with Crippen LogP contribution >= 0.6 is 6.72 Å². The van der Waals surface area contributed by atoms with Gasteiger partial charge in [-0.25, -0.2) is 19.8 Å². The van der Waals surface area contributed by atoms with Gasteiger partial charge < -0.3 is 30.5 Å². The van der Waals surface area contributed by atoms with Crippen LogP contribution < -0.4 is 21.9 Å². The molecule has 0 amide bonds. The number of nitrogens with zero attached hydrogens (tertiary/aromatic N) is 3. The zero-order valence-electron chi connectivity index (χ0n) is 12.2. The van der Waals surface area contributed by atoms with E-state index >= 15 is 0 Å². The monoisotopic (exact) mass is 368 g/mol. The van der Waals surface area contributed by atoms with Crippen molar-refractivity contribution >= 4 is 35.8 Å². The number of nitrogens with one attached hydrogen (secondary N) is 1. The average molecular weight is 368 g/mol. The van der Waals surface area contributed by atoms with Crippen LogP contribution in [0.1, 0.15) is 6.42 Å². The van der Waals surface area contributed by atoms with Gasteiger partial charge >= 0.3 is 6.72 Å².